The van der Waals surface area contributed by atoms with Gasteiger partial charge < -0.3 is 10.6 Å². The van der Waals surface area contributed by atoms with E-state index in [2.05, 4.69) is 0 Å². The SMILES string of the molecule is CC(CN)CN(C)C(=O)c1ccc(F)c(Cl)c1. The predicted octanol–water partition coefficient (Wildman–Crippen LogP) is 2.15. The quantitative estimate of drug-likeness (QED) is 0.900. The zero-order valence-corrected chi connectivity index (χ0v) is 10.7. The molecule has 0 aliphatic heterocycles. The summed E-state index contributed by atoms with van der Waals surface area (Å²) in [6.45, 7) is 3.04. The number of hydrogen-bond acceptors (Lipinski definition) is 2. The molecule has 17 heavy (non-hydrogen) atoms. The van der Waals surface area contributed by atoms with Gasteiger partial charge in [0.1, 0.15) is 5.82 Å². The van der Waals surface area contributed by atoms with Gasteiger partial charge in [-0.15, -0.1) is 0 Å². The van der Waals surface area contributed by atoms with Crippen LogP contribution in [0.2, 0.25) is 5.02 Å². The smallest absolute Gasteiger partial charge is 0.253 e. The van der Waals surface area contributed by atoms with E-state index in [9.17, 15) is 9.18 Å². The van der Waals surface area contributed by atoms with Gasteiger partial charge in [-0.05, 0) is 30.7 Å². The summed E-state index contributed by atoms with van der Waals surface area (Å²) in [6, 6.07) is 3.95. The van der Waals surface area contributed by atoms with Gasteiger partial charge in [-0.25, -0.2) is 4.39 Å². The fourth-order valence-electron chi connectivity index (χ4n) is 1.47. The summed E-state index contributed by atoms with van der Waals surface area (Å²) < 4.78 is 13.0. The minimum atomic E-state index is -0.527. The molecule has 5 heteroatoms. The van der Waals surface area contributed by atoms with Crippen molar-refractivity contribution in [3.8, 4) is 0 Å². The van der Waals surface area contributed by atoms with E-state index in [0.717, 1.165) is 0 Å². The third-order valence-electron chi connectivity index (χ3n) is 2.50. The highest BCUT2D eigenvalue weighted by Crippen LogP contribution is 2.17. The van der Waals surface area contributed by atoms with Gasteiger partial charge in [0, 0.05) is 19.2 Å². The minimum absolute atomic E-state index is 0.0453. The highest BCUT2D eigenvalue weighted by molar-refractivity contribution is 6.31. The molecule has 1 rings (SSSR count). The molecule has 1 unspecified atom stereocenters. The summed E-state index contributed by atoms with van der Waals surface area (Å²) in [4.78, 5) is 13.5. The Morgan fingerprint density at radius 3 is 2.76 bits per heavy atom. The number of carbonyl (C=O) groups is 1. The molecule has 1 aromatic rings. The van der Waals surface area contributed by atoms with Crippen LogP contribution in [0.1, 0.15) is 17.3 Å². The molecule has 0 heterocycles. The summed E-state index contributed by atoms with van der Waals surface area (Å²) >= 11 is 5.63. The van der Waals surface area contributed by atoms with Gasteiger partial charge in [0.05, 0.1) is 5.02 Å². The molecular formula is C12H16ClFN2O. The average molecular weight is 259 g/mol. The van der Waals surface area contributed by atoms with Gasteiger partial charge in [0.25, 0.3) is 5.91 Å². The monoisotopic (exact) mass is 258 g/mol. The molecule has 0 saturated carbocycles. The lowest BCUT2D eigenvalue weighted by Gasteiger charge is -2.20. The maximum absolute atomic E-state index is 13.0. The van der Waals surface area contributed by atoms with E-state index in [1.54, 1.807) is 11.9 Å². The Balaban J connectivity index is 2.78. The van der Waals surface area contributed by atoms with Gasteiger partial charge in [-0.2, -0.15) is 0 Å². The van der Waals surface area contributed by atoms with Crippen LogP contribution in [0.5, 0.6) is 0 Å². The molecule has 0 radical (unpaired) electrons. The number of hydrogen-bond donors (Lipinski definition) is 1. The number of benzene rings is 1. The second-order valence-corrected chi connectivity index (χ2v) is 4.56. The molecule has 1 atom stereocenters. The lowest BCUT2D eigenvalue weighted by Crippen LogP contribution is -2.33. The Morgan fingerprint density at radius 1 is 1.59 bits per heavy atom. The van der Waals surface area contributed by atoms with Crippen molar-refractivity contribution in [3.05, 3.63) is 34.6 Å². The molecule has 0 fully saturated rings. The molecule has 3 nitrogen and oxygen atoms in total. The summed E-state index contributed by atoms with van der Waals surface area (Å²) in [5, 5.41) is -0.0453. The molecule has 0 aromatic heterocycles. The molecule has 0 aliphatic rings. The van der Waals surface area contributed by atoms with Crippen LogP contribution in [-0.4, -0.2) is 30.9 Å². The number of nitrogens with two attached hydrogens (primary N) is 1. The van der Waals surface area contributed by atoms with Crippen LogP contribution in [-0.2, 0) is 0 Å². The van der Waals surface area contributed by atoms with Crippen molar-refractivity contribution >= 4 is 17.5 Å². The summed E-state index contributed by atoms with van der Waals surface area (Å²) in [5.74, 6) is -0.492. The molecule has 0 aliphatic carbocycles. The van der Waals surface area contributed by atoms with E-state index in [1.165, 1.54) is 18.2 Å². The fourth-order valence-corrected chi connectivity index (χ4v) is 1.66. The van der Waals surface area contributed by atoms with Gasteiger partial charge in [-0.1, -0.05) is 18.5 Å². The molecular weight excluding hydrogens is 243 g/mol. The van der Waals surface area contributed by atoms with Gasteiger partial charge in [-0.3, -0.25) is 4.79 Å². The minimum Gasteiger partial charge on any atom is -0.341 e. The first kappa shape index (κ1) is 13.9. The van der Waals surface area contributed by atoms with E-state index in [0.29, 0.717) is 18.7 Å². The van der Waals surface area contributed by atoms with Crippen molar-refractivity contribution in [2.24, 2.45) is 11.7 Å². The molecule has 1 amide bonds. The predicted molar refractivity (Wildman–Crippen MR) is 66.6 cm³/mol. The first-order chi connectivity index (χ1) is 7.95. The maximum atomic E-state index is 13.0. The molecule has 0 spiro atoms. The Labute approximate surface area is 105 Å². The number of nitrogens with zero attached hydrogens (tertiary/aromatic N) is 1. The highest BCUT2D eigenvalue weighted by atomic mass is 35.5. The first-order valence-corrected chi connectivity index (χ1v) is 5.74. The second kappa shape index (κ2) is 5.98. The van der Waals surface area contributed by atoms with Crippen molar-refractivity contribution in [1.29, 1.82) is 0 Å². The molecule has 0 bridgehead atoms. The van der Waals surface area contributed by atoms with Gasteiger partial charge in [0.15, 0.2) is 0 Å². The number of amides is 1. The van der Waals surface area contributed by atoms with E-state index >= 15 is 0 Å². The standard InChI is InChI=1S/C12H16ClFN2O/c1-8(6-15)7-16(2)12(17)9-3-4-11(14)10(13)5-9/h3-5,8H,6-7,15H2,1-2H3. The van der Waals surface area contributed by atoms with E-state index in [-0.39, 0.29) is 16.8 Å². The van der Waals surface area contributed by atoms with Crippen LogP contribution in [0.4, 0.5) is 4.39 Å². The molecule has 2 N–H and O–H groups in total. The van der Waals surface area contributed by atoms with Crippen molar-refractivity contribution < 1.29 is 9.18 Å². The number of halogens is 2. The molecule has 94 valence electrons. The second-order valence-electron chi connectivity index (χ2n) is 4.16. The van der Waals surface area contributed by atoms with E-state index in [1.807, 2.05) is 6.92 Å². The lowest BCUT2D eigenvalue weighted by atomic mass is 10.1. The van der Waals surface area contributed by atoms with Crippen LogP contribution in [0.25, 0.3) is 0 Å². The van der Waals surface area contributed by atoms with Crippen molar-refractivity contribution in [1.82, 2.24) is 4.90 Å². The third-order valence-corrected chi connectivity index (χ3v) is 2.79. The first-order valence-electron chi connectivity index (χ1n) is 5.36. The average Bonchev–Trinajstić information content (AvgIpc) is 2.31. The van der Waals surface area contributed by atoms with Crippen molar-refractivity contribution in [2.45, 2.75) is 6.92 Å². The summed E-state index contributed by atoms with van der Waals surface area (Å²) in [6.07, 6.45) is 0. The van der Waals surface area contributed by atoms with Crippen LogP contribution < -0.4 is 5.73 Å². The maximum Gasteiger partial charge on any atom is 0.253 e. The number of carbonyl (C=O) groups excluding carboxylic acids is 1. The van der Waals surface area contributed by atoms with Crippen molar-refractivity contribution in [3.63, 3.8) is 0 Å². The third kappa shape index (κ3) is 3.68. The normalized spacial score (nSPS) is 12.3. The Bertz CT molecular complexity index is 411. The lowest BCUT2D eigenvalue weighted by molar-refractivity contribution is 0.0777. The largest absolute Gasteiger partial charge is 0.341 e. The Morgan fingerprint density at radius 2 is 2.24 bits per heavy atom. The van der Waals surface area contributed by atoms with Crippen LogP contribution in [0.15, 0.2) is 18.2 Å². The Hall–Kier alpha value is -1.13. The highest BCUT2D eigenvalue weighted by Gasteiger charge is 2.15. The molecule has 1 aromatic carbocycles. The Kier molecular flexibility index (Phi) is 4.90. The van der Waals surface area contributed by atoms with Gasteiger partial charge >= 0.3 is 0 Å². The molecule has 0 saturated heterocycles. The number of rotatable bonds is 4. The zero-order chi connectivity index (χ0) is 13.0. The zero-order valence-electron chi connectivity index (χ0n) is 9.91. The van der Waals surface area contributed by atoms with Crippen LogP contribution in [0.3, 0.4) is 0 Å². The van der Waals surface area contributed by atoms with Crippen molar-refractivity contribution in [2.75, 3.05) is 20.1 Å². The van der Waals surface area contributed by atoms with Gasteiger partial charge in [0.2, 0.25) is 0 Å². The van der Waals surface area contributed by atoms with Crippen LogP contribution >= 0.6 is 11.6 Å². The topological polar surface area (TPSA) is 46.3 Å². The summed E-state index contributed by atoms with van der Waals surface area (Å²) in [7, 11) is 1.69. The fraction of sp³-hybridized carbons (Fsp3) is 0.417. The summed E-state index contributed by atoms with van der Waals surface area (Å²) in [5.41, 5.74) is 5.87. The van der Waals surface area contributed by atoms with E-state index in [4.69, 9.17) is 17.3 Å². The van der Waals surface area contributed by atoms with E-state index < -0.39 is 5.82 Å². The van der Waals surface area contributed by atoms with Crippen LogP contribution in [0, 0.1) is 11.7 Å².